The quantitative estimate of drug-likeness (QED) is 0.885. The lowest BCUT2D eigenvalue weighted by atomic mass is 9.93. The van der Waals surface area contributed by atoms with E-state index in [0.717, 1.165) is 31.4 Å². The summed E-state index contributed by atoms with van der Waals surface area (Å²) in [5.74, 6) is 1.23. The summed E-state index contributed by atoms with van der Waals surface area (Å²) in [5, 5.41) is 3.62. The average molecular weight is 262 g/mol. The minimum absolute atomic E-state index is 0.493. The molecule has 0 aromatic carbocycles. The van der Waals surface area contributed by atoms with Gasteiger partial charge in [-0.05, 0) is 43.7 Å². The number of ether oxygens (including phenoxy) is 1. The lowest BCUT2D eigenvalue weighted by Gasteiger charge is -2.28. The predicted molar refractivity (Wildman–Crippen MR) is 78.2 cm³/mol. The average Bonchev–Trinajstić information content (AvgIpc) is 2.46. The third-order valence-corrected chi connectivity index (χ3v) is 4.00. The molecule has 1 fully saturated rings. The molecule has 2 heterocycles. The van der Waals surface area contributed by atoms with E-state index in [1.165, 1.54) is 18.5 Å². The number of nitrogens with one attached hydrogen (secondary N) is 1. The Morgan fingerprint density at radius 3 is 2.68 bits per heavy atom. The molecule has 3 nitrogen and oxygen atoms in total. The van der Waals surface area contributed by atoms with Crippen LogP contribution in [-0.4, -0.2) is 24.2 Å². The Morgan fingerprint density at radius 1 is 1.26 bits per heavy atom. The van der Waals surface area contributed by atoms with Gasteiger partial charge in [0.15, 0.2) is 0 Å². The van der Waals surface area contributed by atoms with Gasteiger partial charge >= 0.3 is 0 Å². The summed E-state index contributed by atoms with van der Waals surface area (Å²) in [4.78, 5) is 4.70. The van der Waals surface area contributed by atoms with Crippen LogP contribution < -0.4 is 5.32 Å². The predicted octanol–water partition coefficient (Wildman–Crippen LogP) is 3.11. The molecule has 106 valence electrons. The highest BCUT2D eigenvalue weighted by atomic mass is 16.5. The second-order valence-electron chi connectivity index (χ2n) is 5.83. The maximum atomic E-state index is 5.41. The topological polar surface area (TPSA) is 34.1 Å². The van der Waals surface area contributed by atoms with Gasteiger partial charge in [0, 0.05) is 31.5 Å². The first kappa shape index (κ1) is 14.5. The molecule has 0 spiro atoms. The minimum atomic E-state index is 0.493. The molecule has 0 aliphatic carbocycles. The zero-order chi connectivity index (χ0) is 13.7. The molecule has 0 bridgehead atoms. The molecule has 3 heteroatoms. The molecule has 0 amide bonds. The van der Waals surface area contributed by atoms with Gasteiger partial charge in [0.05, 0.1) is 5.69 Å². The molecule has 1 unspecified atom stereocenters. The third-order valence-electron chi connectivity index (χ3n) is 4.00. The molecular formula is C16H26N2O. The Balaban J connectivity index is 1.85. The SMILES string of the molecule is CC(C)c1cccc(CNC(C)C2CCOCC2)n1. The van der Waals surface area contributed by atoms with Gasteiger partial charge in [-0.1, -0.05) is 19.9 Å². The van der Waals surface area contributed by atoms with E-state index >= 15 is 0 Å². The number of rotatable bonds is 5. The van der Waals surface area contributed by atoms with E-state index in [9.17, 15) is 0 Å². The van der Waals surface area contributed by atoms with Crippen molar-refractivity contribution in [3.05, 3.63) is 29.6 Å². The lowest BCUT2D eigenvalue weighted by Crippen LogP contribution is -2.36. The van der Waals surface area contributed by atoms with Gasteiger partial charge in [-0.3, -0.25) is 4.98 Å². The number of hydrogen-bond acceptors (Lipinski definition) is 3. The van der Waals surface area contributed by atoms with Gasteiger partial charge in [0.2, 0.25) is 0 Å². The minimum Gasteiger partial charge on any atom is -0.381 e. The molecule has 0 saturated carbocycles. The first-order chi connectivity index (χ1) is 9.16. The third kappa shape index (κ3) is 4.29. The maximum Gasteiger partial charge on any atom is 0.0545 e. The van der Waals surface area contributed by atoms with Gasteiger partial charge in [0.25, 0.3) is 0 Å². The van der Waals surface area contributed by atoms with Crippen molar-refractivity contribution < 1.29 is 4.74 Å². The summed E-state index contributed by atoms with van der Waals surface area (Å²) >= 11 is 0. The molecule has 19 heavy (non-hydrogen) atoms. The van der Waals surface area contributed by atoms with Crippen LogP contribution >= 0.6 is 0 Å². The van der Waals surface area contributed by atoms with Gasteiger partial charge in [0.1, 0.15) is 0 Å². The van der Waals surface area contributed by atoms with Crippen LogP contribution in [0.15, 0.2) is 18.2 Å². The molecule has 1 atom stereocenters. The van der Waals surface area contributed by atoms with Crippen molar-refractivity contribution in [1.82, 2.24) is 10.3 Å². The number of hydrogen-bond donors (Lipinski definition) is 1. The molecule has 1 N–H and O–H groups in total. The van der Waals surface area contributed by atoms with Crippen LogP contribution in [0.25, 0.3) is 0 Å². The van der Waals surface area contributed by atoms with Crippen molar-refractivity contribution in [1.29, 1.82) is 0 Å². The molecule has 1 saturated heterocycles. The number of aromatic nitrogens is 1. The van der Waals surface area contributed by atoms with Crippen molar-refractivity contribution in [2.75, 3.05) is 13.2 Å². The fraction of sp³-hybridized carbons (Fsp3) is 0.688. The van der Waals surface area contributed by atoms with Gasteiger partial charge in [-0.25, -0.2) is 0 Å². The van der Waals surface area contributed by atoms with E-state index in [1.54, 1.807) is 0 Å². The van der Waals surface area contributed by atoms with Gasteiger partial charge in [-0.15, -0.1) is 0 Å². The van der Waals surface area contributed by atoms with Gasteiger partial charge in [-0.2, -0.15) is 0 Å². The summed E-state index contributed by atoms with van der Waals surface area (Å²) in [5.41, 5.74) is 2.32. The molecule has 1 aromatic heterocycles. The fourth-order valence-corrected chi connectivity index (χ4v) is 2.57. The second kappa shape index (κ2) is 7.01. The van der Waals surface area contributed by atoms with E-state index in [4.69, 9.17) is 9.72 Å². The molecule has 1 aliphatic rings. The summed E-state index contributed by atoms with van der Waals surface area (Å²) in [6.45, 7) is 9.34. The van der Waals surface area contributed by atoms with Crippen LogP contribution in [0.3, 0.4) is 0 Å². The molecule has 2 rings (SSSR count). The van der Waals surface area contributed by atoms with Crippen LogP contribution in [0.5, 0.6) is 0 Å². The smallest absolute Gasteiger partial charge is 0.0545 e. The number of nitrogens with zero attached hydrogens (tertiary/aromatic N) is 1. The fourth-order valence-electron chi connectivity index (χ4n) is 2.57. The first-order valence-corrected chi connectivity index (χ1v) is 7.43. The Hall–Kier alpha value is -0.930. The standard InChI is InChI=1S/C16H26N2O/c1-12(2)16-6-4-5-15(18-16)11-17-13(3)14-7-9-19-10-8-14/h4-6,12-14,17H,7-11H2,1-3H3. The van der Waals surface area contributed by atoms with Crippen LogP contribution in [0.2, 0.25) is 0 Å². The van der Waals surface area contributed by atoms with Crippen molar-refractivity contribution >= 4 is 0 Å². The van der Waals surface area contributed by atoms with Crippen LogP contribution in [0, 0.1) is 5.92 Å². The summed E-state index contributed by atoms with van der Waals surface area (Å²) < 4.78 is 5.41. The van der Waals surface area contributed by atoms with E-state index in [2.05, 4.69) is 44.3 Å². The molecule has 0 radical (unpaired) electrons. The molecule has 1 aromatic rings. The van der Waals surface area contributed by atoms with Crippen molar-refractivity contribution in [2.45, 2.75) is 52.1 Å². The largest absolute Gasteiger partial charge is 0.381 e. The monoisotopic (exact) mass is 262 g/mol. The van der Waals surface area contributed by atoms with Crippen LogP contribution in [-0.2, 0) is 11.3 Å². The van der Waals surface area contributed by atoms with Crippen molar-refractivity contribution in [3.63, 3.8) is 0 Å². The van der Waals surface area contributed by atoms with Crippen LogP contribution in [0.4, 0.5) is 0 Å². The van der Waals surface area contributed by atoms with E-state index in [-0.39, 0.29) is 0 Å². The highest BCUT2D eigenvalue weighted by Crippen LogP contribution is 2.19. The Bertz CT molecular complexity index is 386. The highest BCUT2D eigenvalue weighted by molar-refractivity contribution is 5.13. The normalized spacial score (nSPS) is 18.7. The van der Waals surface area contributed by atoms with Crippen molar-refractivity contribution in [3.8, 4) is 0 Å². The van der Waals surface area contributed by atoms with Crippen molar-refractivity contribution in [2.24, 2.45) is 5.92 Å². The van der Waals surface area contributed by atoms with E-state index < -0.39 is 0 Å². The maximum absolute atomic E-state index is 5.41. The van der Waals surface area contributed by atoms with Gasteiger partial charge < -0.3 is 10.1 Å². The summed E-state index contributed by atoms with van der Waals surface area (Å²) in [6.07, 6.45) is 2.35. The zero-order valence-corrected chi connectivity index (χ0v) is 12.4. The molecular weight excluding hydrogens is 236 g/mol. The number of pyridine rings is 1. The highest BCUT2D eigenvalue weighted by Gasteiger charge is 2.19. The Morgan fingerprint density at radius 2 is 2.00 bits per heavy atom. The molecule has 1 aliphatic heterocycles. The zero-order valence-electron chi connectivity index (χ0n) is 12.4. The van der Waals surface area contributed by atoms with Crippen LogP contribution in [0.1, 0.15) is 50.9 Å². The Labute approximate surface area is 116 Å². The summed E-state index contributed by atoms with van der Waals surface area (Å²) in [7, 11) is 0. The lowest BCUT2D eigenvalue weighted by molar-refractivity contribution is 0.0557. The Kier molecular flexibility index (Phi) is 5.34. The van der Waals surface area contributed by atoms with E-state index in [0.29, 0.717) is 12.0 Å². The summed E-state index contributed by atoms with van der Waals surface area (Å²) in [6, 6.07) is 6.86. The second-order valence-corrected chi connectivity index (χ2v) is 5.83. The first-order valence-electron chi connectivity index (χ1n) is 7.43. The van der Waals surface area contributed by atoms with E-state index in [1.807, 2.05) is 0 Å².